The van der Waals surface area contributed by atoms with Gasteiger partial charge in [-0.15, -0.1) is 10.2 Å². The molecule has 0 aliphatic carbocycles. The molecular weight excluding hydrogens is 366 g/mol. The maximum atomic E-state index is 6.17. The van der Waals surface area contributed by atoms with Crippen LogP contribution >= 0.6 is 0 Å². The monoisotopic (exact) mass is 379 g/mol. The number of hydrogen-bond acceptors (Lipinski definition) is 7. The van der Waals surface area contributed by atoms with Crippen molar-refractivity contribution in [1.82, 2.24) is 35.2 Å². The number of furan rings is 1. The van der Waals surface area contributed by atoms with Crippen LogP contribution in [0.3, 0.4) is 0 Å². The Labute approximate surface area is 163 Å². The Hall–Kier alpha value is -4.20. The van der Waals surface area contributed by atoms with Crippen LogP contribution in [-0.2, 0) is 0 Å². The molecule has 0 spiro atoms. The molecule has 8 nitrogen and oxygen atoms in total. The van der Waals surface area contributed by atoms with Gasteiger partial charge in [0.2, 0.25) is 17.0 Å². The zero-order valence-electron chi connectivity index (χ0n) is 15.3. The molecule has 0 amide bonds. The van der Waals surface area contributed by atoms with Gasteiger partial charge in [0.25, 0.3) is 0 Å². The molecular formula is C21H13N7O. The summed E-state index contributed by atoms with van der Waals surface area (Å²) in [6.45, 7) is 1.94. The molecule has 0 aliphatic rings. The molecule has 138 valence electrons. The Kier molecular flexibility index (Phi) is 3.22. The van der Waals surface area contributed by atoms with Crippen LogP contribution in [0.25, 0.3) is 50.4 Å². The summed E-state index contributed by atoms with van der Waals surface area (Å²) in [5.74, 6) is 0.655. The van der Waals surface area contributed by atoms with Gasteiger partial charge in [-0.25, -0.2) is 9.97 Å². The Balaban J connectivity index is 1.73. The minimum Gasteiger partial charge on any atom is -0.437 e. The standard InChI is InChI=1S/C21H13N7O/c1-12-10-11-15-14-8-5-9-16(17(14)29-21(15)22-12)19-23-18-20(25-27-26-24-18)28(19)13-6-3-2-4-7-13/h2-11H,1H3. The van der Waals surface area contributed by atoms with Gasteiger partial charge >= 0.3 is 0 Å². The third-order valence-electron chi connectivity index (χ3n) is 4.91. The molecule has 4 heterocycles. The highest BCUT2D eigenvalue weighted by Gasteiger charge is 2.21. The van der Waals surface area contributed by atoms with Crippen LogP contribution in [0.1, 0.15) is 5.69 Å². The molecule has 0 radical (unpaired) electrons. The molecule has 2 aromatic carbocycles. The second-order valence-electron chi connectivity index (χ2n) is 6.72. The Morgan fingerprint density at radius 2 is 1.66 bits per heavy atom. The summed E-state index contributed by atoms with van der Waals surface area (Å²) in [7, 11) is 0. The molecule has 0 fully saturated rings. The van der Waals surface area contributed by atoms with E-state index in [9.17, 15) is 0 Å². The first-order valence-corrected chi connectivity index (χ1v) is 9.09. The van der Waals surface area contributed by atoms with Gasteiger partial charge < -0.3 is 4.42 Å². The van der Waals surface area contributed by atoms with Crippen LogP contribution in [-0.4, -0.2) is 35.2 Å². The highest BCUT2D eigenvalue weighted by molar-refractivity contribution is 6.08. The predicted octanol–water partition coefficient (Wildman–Crippen LogP) is 3.88. The third-order valence-corrected chi connectivity index (χ3v) is 4.91. The number of aromatic nitrogens is 7. The minimum atomic E-state index is 0.418. The van der Waals surface area contributed by atoms with E-state index < -0.39 is 0 Å². The van der Waals surface area contributed by atoms with E-state index in [1.807, 2.05) is 72.2 Å². The van der Waals surface area contributed by atoms with Gasteiger partial charge in [-0.1, -0.05) is 30.3 Å². The quantitative estimate of drug-likeness (QED) is 0.450. The molecule has 0 saturated heterocycles. The first-order valence-electron chi connectivity index (χ1n) is 9.09. The van der Waals surface area contributed by atoms with E-state index in [1.165, 1.54) is 0 Å². The van der Waals surface area contributed by atoms with Crippen LogP contribution < -0.4 is 0 Å². The zero-order chi connectivity index (χ0) is 19.4. The minimum absolute atomic E-state index is 0.418. The fourth-order valence-corrected chi connectivity index (χ4v) is 3.63. The van der Waals surface area contributed by atoms with Crippen molar-refractivity contribution in [2.75, 3.05) is 0 Å². The first-order chi connectivity index (χ1) is 14.3. The molecule has 29 heavy (non-hydrogen) atoms. The predicted molar refractivity (Wildman–Crippen MR) is 107 cm³/mol. The number of imidazole rings is 1. The van der Waals surface area contributed by atoms with E-state index in [-0.39, 0.29) is 0 Å². The summed E-state index contributed by atoms with van der Waals surface area (Å²) in [5.41, 5.74) is 4.89. The Bertz CT molecular complexity index is 1520. The van der Waals surface area contributed by atoms with Gasteiger partial charge in [0.15, 0.2) is 5.82 Å². The number of hydrogen-bond donors (Lipinski definition) is 0. The van der Waals surface area contributed by atoms with E-state index in [0.29, 0.717) is 28.4 Å². The summed E-state index contributed by atoms with van der Waals surface area (Å²) in [5, 5.41) is 17.5. The number of para-hydroxylation sites is 2. The largest absolute Gasteiger partial charge is 0.437 e. The van der Waals surface area contributed by atoms with Crippen molar-refractivity contribution >= 4 is 33.4 Å². The fourth-order valence-electron chi connectivity index (χ4n) is 3.63. The van der Waals surface area contributed by atoms with Gasteiger partial charge in [0.1, 0.15) is 5.58 Å². The Morgan fingerprint density at radius 3 is 2.55 bits per heavy atom. The second-order valence-corrected chi connectivity index (χ2v) is 6.72. The van der Waals surface area contributed by atoms with Gasteiger partial charge in [-0.3, -0.25) is 4.57 Å². The second kappa shape index (κ2) is 5.90. The van der Waals surface area contributed by atoms with Gasteiger partial charge in [-0.05, 0) is 47.7 Å². The lowest BCUT2D eigenvalue weighted by Gasteiger charge is -2.08. The van der Waals surface area contributed by atoms with E-state index >= 15 is 0 Å². The summed E-state index contributed by atoms with van der Waals surface area (Å²) >= 11 is 0. The number of pyridine rings is 1. The van der Waals surface area contributed by atoms with Crippen LogP contribution in [0.2, 0.25) is 0 Å². The average Bonchev–Trinajstić information content (AvgIpc) is 3.32. The zero-order valence-corrected chi connectivity index (χ0v) is 15.3. The average molecular weight is 379 g/mol. The number of nitrogens with zero attached hydrogens (tertiary/aromatic N) is 7. The van der Waals surface area contributed by atoms with Crippen molar-refractivity contribution in [1.29, 1.82) is 0 Å². The molecule has 4 aromatic heterocycles. The lowest BCUT2D eigenvalue weighted by atomic mass is 10.1. The SMILES string of the molecule is Cc1ccc2c(n1)oc1c(-c3nc4nnnnc4n3-c3ccccc3)cccc12. The van der Waals surface area contributed by atoms with E-state index in [4.69, 9.17) is 9.40 Å². The molecule has 8 heteroatoms. The topological polar surface area (TPSA) is 95.4 Å². The van der Waals surface area contributed by atoms with Gasteiger partial charge in [0.05, 0.1) is 5.56 Å². The van der Waals surface area contributed by atoms with Crippen LogP contribution in [0.5, 0.6) is 0 Å². The highest BCUT2D eigenvalue weighted by atomic mass is 16.3. The van der Waals surface area contributed by atoms with Crippen LogP contribution in [0, 0.1) is 6.92 Å². The summed E-state index contributed by atoms with van der Waals surface area (Å²) < 4.78 is 8.08. The Morgan fingerprint density at radius 1 is 0.793 bits per heavy atom. The summed E-state index contributed by atoms with van der Waals surface area (Å²) in [4.78, 5) is 9.24. The fraction of sp³-hybridized carbons (Fsp3) is 0.0476. The lowest BCUT2D eigenvalue weighted by molar-refractivity contribution is 0.653. The molecule has 6 rings (SSSR count). The van der Waals surface area contributed by atoms with Crippen molar-refractivity contribution in [2.24, 2.45) is 0 Å². The van der Waals surface area contributed by atoms with Crippen LogP contribution in [0.15, 0.2) is 65.1 Å². The van der Waals surface area contributed by atoms with Crippen LogP contribution in [0.4, 0.5) is 0 Å². The molecule has 0 saturated carbocycles. The van der Waals surface area contributed by atoms with Crippen molar-refractivity contribution in [3.05, 3.63) is 66.4 Å². The van der Waals surface area contributed by atoms with E-state index in [1.54, 1.807) is 0 Å². The van der Waals surface area contributed by atoms with Crippen molar-refractivity contribution in [3.63, 3.8) is 0 Å². The normalized spacial score (nSPS) is 11.6. The third kappa shape index (κ3) is 2.32. The number of aryl methyl sites for hydroxylation is 1. The molecule has 0 bridgehead atoms. The number of benzene rings is 2. The molecule has 0 aliphatic heterocycles. The van der Waals surface area contributed by atoms with E-state index in [2.05, 4.69) is 25.6 Å². The first kappa shape index (κ1) is 15.8. The lowest BCUT2D eigenvalue weighted by Crippen LogP contribution is -2.00. The van der Waals surface area contributed by atoms with Crippen molar-refractivity contribution in [2.45, 2.75) is 6.92 Å². The van der Waals surface area contributed by atoms with Gasteiger partial charge in [-0.2, -0.15) is 0 Å². The van der Waals surface area contributed by atoms with Gasteiger partial charge in [0, 0.05) is 22.2 Å². The number of rotatable bonds is 2. The highest BCUT2D eigenvalue weighted by Crippen LogP contribution is 2.36. The van der Waals surface area contributed by atoms with Crippen molar-refractivity contribution < 1.29 is 4.42 Å². The smallest absolute Gasteiger partial charge is 0.227 e. The number of fused-ring (bicyclic) bond motifs is 4. The summed E-state index contributed by atoms with van der Waals surface area (Å²) in [6, 6.07) is 19.8. The maximum Gasteiger partial charge on any atom is 0.227 e. The van der Waals surface area contributed by atoms with Crippen molar-refractivity contribution in [3.8, 4) is 17.1 Å². The summed E-state index contributed by atoms with van der Waals surface area (Å²) in [6.07, 6.45) is 0. The molecule has 0 N–H and O–H groups in total. The van der Waals surface area contributed by atoms with E-state index in [0.717, 1.165) is 27.7 Å². The molecule has 6 aromatic rings. The maximum absolute atomic E-state index is 6.17. The molecule has 0 atom stereocenters. The molecule has 0 unspecified atom stereocenters.